The van der Waals surface area contributed by atoms with Crippen molar-refractivity contribution in [2.75, 3.05) is 0 Å². The summed E-state index contributed by atoms with van der Waals surface area (Å²) in [5, 5.41) is 0. The van der Waals surface area contributed by atoms with Gasteiger partial charge in [0.25, 0.3) is 0 Å². The molecule has 1 aromatic carbocycles. The van der Waals surface area contributed by atoms with Crippen molar-refractivity contribution in [1.82, 2.24) is 9.97 Å². The van der Waals surface area contributed by atoms with Crippen molar-refractivity contribution in [1.29, 1.82) is 0 Å². The molecule has 0 saturated carbocycles. The van der Waals surface area contributed by atoms with E-state index in [1.165, 1.54) is 30.6 Å². The number of halogens is 3. The Morgan fingerprint density at radius 2 is 1.82 bits per heavy atom. The number of ether oxygens (including phenoxy) is 1. The van der Waals surface area contributed by atoms with Gasteiger partial charge in [-0.15, -0.1) is 13.2 Å². The summed E-state index contributed by atoms with van der Waals surface area (Å²) in [7, 11) is 0. The first-order valence-electron chi connectivity index (χ1n) is 4.59. The van der Waals surface area contributed by atoms with E-state index in [1.54, 1.807) is 6.07 Å². The second-order valence-corrected chi connectivity index (χ2v) is 3.10. The van der Waals surface area contributed by atoms with Crippen LogP contribution < -0.4 is 4.74 Å². The largest absolute Gasteiger partial charge is 0.573 e. The number of alkyl halides is 3. The molecule has 1 heterocycles. The Kier molecular flexibility index (Phi) is 2.95. The Bertz CT molecular complexity index is 482. The van der Waals surface area contributed by atoms with E-state index in [1.807, 2.05) is 0 Å². The minimum atomic E-state index is -4.68. The van der Waals surface area contributed by atoms with Gasteiger partial charge in [0.2, 0.25) is 0 Å². The van der Waals surface area contributed by atoms with Crippen LogP contribution in [0.2, 0.25) is 0 Å². The minimum Gasteiger partial charge on any atom is -0.406 e. The van der Waals surface area contributed by atoms with Gasteiger partial charge in [-0.1, -0.05) is 0 Å². The van der Waals surface area contributed by atoms with Gasteiger partial charge in [0, 0.05) is 5.56 Å². The first kappa shape index (κ1) is 11.4. The Morgan fingerprint density at radius 3 is 2.35 bits per heavy atom. The number of hydrogen-bond donors (Lipinski definition) is 0. The van der Waals surface area contributed by atoms with Crippen LogP contribution in [0.15, 0.2) is 36.7 Å². The molecule has 6 heteroatoms. The third kappa shape index (κ3) is 3.17. The smallest absolute Gasteiger partial charge is 0.406 e. The van der Waals surface area contributed by atoms with Crippen molar-refractivity contribution in [3.8, 4) is 17.0 Å². The molecule has 87 valence electrons. The van der Waals surface area contributed by atoms with Crippen LogP contribution in [0.1, 0.15) is 0 Å². The zero-order chi connectivity index (χ0) is 12.3. The van der Waals surface area contributed by atoms with Crippen LogP contribution in [-0.2, 0) is 0 Å². The summed E-state index contributed by atoms with van der Waals surface area (Å²) in [5.41, 5.74) is 1.25. The average molecular weight is 239 g/mol. The summed E-state index contributed by atoms with van der Waals surface area (Å²) in [6.07, 6.45) is -0.773. The molecule has 0 spiro atoms. The fourth-order valence-corrected chi connectivity index (χ4v) is 1.25. The lowest BCUT2D eigenvalue weighted by molar-refractivity contribution is -0.274. The van der Waals surface area contributed by atoms with Crippen molar-refractivity contribution in [2.24, 2.45) is 0 Å². The lowest BCUT2D eigenvalue weighted by atomic mass is 10.1. The highest BCUT2D eigenvalue weighted by atomic mass is 19.4. The second kappa shape index (κ2) is 4.40. The summed E-state index contributed by atoms with van der Waals surface area (Å²) in [4.78, 5) is 7.58. The fraction of sp³-hybridized carbons (Fsp3) is 0.0909. The predicted octanol–water partition coefficient (Wildman–Crippen LogP) is 2.84. The molecule has 0 aliphatic heterocycles. The molecule has 0 N–H and O–H groups in total. The third-order valence-electron chi connectivity index (χ3n) is 1.91. The number of rotatable bonds is 2. The highest BCUT2D eigenvalue weighted by Crippen LogP contribution is 2.25. The molecule has 0 unspecified atom stereocenters. The maximum absolute atomic E-state index is 11.9. The van der Waals surface area contributed by atoms with Gasteiger partial charge < -0.3 is 4.74 Å². The maximum atomic E-state index is 11.9. The molecule has 0 aliphatic rings. The van der Waals surface area contributed by atoms with Crippen molar-refractivity contribution < 1.29 is 17.9 Å². The van der Waals surface area contributed by atoms with Crippen LogP contribution >= 0.6 is 0 Å². The van der Waals surface area contributed by atoms with Gasteiger partial charge in [-0.2, -0.15) is 0 Å². The van der Waals surface area contributed by atoms with E-state index >= 15 is 0 Å². The van der Waals surface area contributed by atoms with Gasteiger partial charge in [-0.25, -0.2) is 9.97 Å². The van der Waals surface area contributed by atoms with E-state index in [0.29, 0.717) is 11.3 Å². The highest BCUT2D eigenvalue weighted by Gasteiger charge is 2.30. The molecular weight excluding hydrogens is 233 g/mol. The summed E-state index contributed by atoms with van der Waals surface area (Å²) >= 11 is 0. The number of hydrogen-bond acceptors (Lipinski definition) is 3. The summed E-state index contributed by atoms with van der Waals surface area (Å²) in [6, 6.07) is 6.96. The van der Waals surface area contributed by atoms with Crippen molar-refractivity contribution in [2.45, 2.75) is 6.36 Å². The zero-order valence-corrected chi connectivity index (χ0v) is 8.40. The molecule has 1 aromatic heterocycles. The normalized spacial score (nSPS) is 11.2. The van der Waals surface area contributed by atoms with Crippen LogP contribution in [0.5, 0.6) is 5.75 Å². The number of aromatic nitrogens is 2. The standard InChI is InChI=1S/C11H6F3N2O/c12-11(13,14)17-9-3-1-8(2-4-9)10-5-6-15-7-16-10/h1-5,7H. The van der Waals surface area contributed by atoms with Crippen LogP contribution in [0.3, 0.4) is 0 Å². The molecule has 2 rings (SSSR count). The average Bonchev–Trinajstić information content (AvgIpc) is 2.29. The molecule has 0 aliphatic carbocycles. The Balaban J connectivity index is 2.19. The predicted molar refractivity (Wildman–Crippen MR) is 53.0 cm³/mol. The van der Waals surface area contributed by atoms with Gasteiger partial charge in [0.15, 0.2) is 0 Å². The highest BCUT2D eigenvalue weighted by molar-refractivity contribution is 5.59. The first-order chi connectivity index (χ1) is 8.04. The van der Waals surface area contributed by atoms with Gasteiger partial charge >= 0.3 is 6.36 Å². The minimum absolute atomic E-state index is 0.265. The Hall–Kier alpha value is -2.11. The van der Waals surface area contributed by atoms with E-state index in [0.717, 1.165) is 0 Å². The topological polar surface area (TPSA) is 35.0 Å². The van der Waals surface area contributed by atoms with Crippen LogP contribution in [0.25, 0.3) is 11.3 Å². The fourth-order valence-electron chi connectivity index (χ4n) is 1.25. The summed E-state index contributed by atoms with van der Waals surface area (Å²) < 4.78 is 39.5. The van der Waals surface area contributed by atoms with Crippen LogP contribution in [-0.4, -0.2) is 16.3 Å². The third-order valence-corrected chi connectivity index (χ3v) is 1.91. The van der Waals surface area contributed by atoms with Crippen LogP contribution in [0.4, 0.5) is 13.2 Å². The van der Waals surface area contributed by atoms with E-state index in [4.69, 9.17) is 0 Å². The Labute approximate surface area is 94.9 Å². The first-order valence-corrected chi connectivity index (χ1v) is 4.59. The van der Waals surface area contributed by atoms with Crippen LogP contribution in [0, 0.1) is 6.20 Å². The molecule has 0 fully saturated rings. The molecule has 2 aromatic rings. The zero-order valence-electron chi connectivity index (χ0n) is 8.40. The second-order valence-electron chi connectivity index (χ2n) is 3.10. The summed E-state index contributed by atoms with van der Waals surface area (Å²) in [5.74, 6) is -0.265. The van der Waals surface area contributed by atoms with Gasteiger partial charge in [-0.05, 0) is 30.3 Å². The van der Waals surface area contributed by atoms with Crippen molar-refractivity contribution in [3.63, 3.8) is 0 Å². The molecule has 0 amide bonds. The van der Waals surface area contributed by atoms with E-state index in [-0.39, 0.29) is 5.75 Å². The van der Waals surface area contributed by atoms with E-state index in [9.17, 15) is 13.2 Å². The molecular formula is C11H6F3N2O. The Morgan fingerprint density at radius 1 is 1.12 bits per heavy atom. The lowest BCUT2D eigenvalue weighted by Gasteiger charge is -2.08. The summed E-state index contributed by atoms with van der Waals surface area (Å²) in [6.45, 7) is 0. The molecule has 17 heavy (non-hydrogen) atoms. The van der Waals surface area contributed by atoms with E-state index in [2.05, 4.69) is 20.9 Å². The molecule has 3 nitrogen and oxygen atoms in total. The monoisotopic (exact) mass is 239 g/mol. The molecule has 0 bridgehead atoms. The van der Waals surface area contributed by atoms with Crippen molar-refractivity contribution in [3.05, 3.63) is 42.9 Å². The maximum Gasteiger partial charge on any atom is 0.573 e. The molecule has 0 saturated heterocycles. The van der Waals surface area contributed by atoms with Gasteiger partial charge in [0.05, 0.1) is 11.9 Å². The van der Waals surface area contributed by atoms with Crippen molar-refractivity contribution >= 4 is 0 Å². The SMILES string of the molecule is FC(F)(F)Oc1ccc(-c2c[c]ncn2)cc1. The number of nitrogens with zero attached hydrogens (tertiary/aromatic N) is 2. The lowest BCUT2D eigenvalue weighted by Crippen LogP contribution is -2.16. The number of benzene rings is 1. The van der Waals surface area contributed by atoms with Gasteiger partial charge in [0.1, 0.15) is 12.1 Å². The quantitative estimate of drug-likeness (QED) is 0.808. The van der Waals surface area contributed by atoms with E-state index < -0.39 is 6.36 Å². The van der Waals surface area contributed by atoms with Gasteiger partial charge in [-0.3, -0.25) is 0 Å². The molecule has 0 atom stereocenters. The molecule has 1 radical (unpaired) electrons.